The fourth-order valence-electron chi connectivity index (χ4n) is 2.54. The molecule has 1 aliphatic carbocycles. The number of rotatable bonds is 4. The van der Waals surface area contributed by atoms with Crippen LogP contribution in [0, 0.1) is 0 Å². The molecular weight excluding hydrogens is 279 g/mol. The number of hydrogen-bond acceptors (Lipinski definition) is 5. The van der Waals surface area contributed by atoms with Gasteiger partial charge in [0.15, 0.2) is 0 Å². The standard InChI is InChI=1S/C13H19BO5S/c1-20(17,18)13-7-3-6-12(9-13)19-11-5-2-4-10(8-11)14(15)16/h2,4-5,8,12-13,15-16H,3,6-7,9H2,1H3. The summed E-state index contributed by atoms with van der Waals surface area (Å²) < 4.78 is 29.0. The van der Waals surface area contributed by atoms with Gasteiger partial charge in [-0.3, -0.25) is 0 Å². The highest BCUT2D eigenvalue weighted by Crippen LogP contribution is 2.27. The molecule has 0 amide bonds. The lowest BCUT2D eigenvalue weighted by atomic mass is 9.80. The third-order valence-corrected chi connectivity index (χ3v) is 5.28. The van der Waals surface area contributed by atoms with Crippen LogP contribution in [0.2, 0.25) is 0 Å². The number of ether oxygens (including phenoxy) is 1. The first kappa shape index (κ1) is 15.3. The minimum absolute atomic E-state index is 0.144. The summed E-state index contributed by atoms with van der Waals surface area (Å²) >= 11 is 0. The van der Waals surface area contributed by atoms with Crippen molar-refractivity contribution in [3.05, 3.63) is 24.3 Å². The third-order valence-electron chi connectivity index (χ3n) is 3.64. The van der Waals surface area contributed by atoms with Crippen molar-refractivity contribution in [2.75, 3.05) is 6.26 Å². The summed E-state index contributed by atoms with van der Waals surface area (Å²) in [5, 5.41) is 17.9. The molecule has 0 spiro atoms. The van der Waals surface area contributed by atoms with Gasteiger partial charge in [0.05, 0.1) is 11.4 Å². The monoisotopic (exact) mass is 298 g/mol. The van der Waals surface area contributed by atoms with Gasteiger partial charge < -0.3 is 14.8 Å². The molecule has 2 N–H and O–H groups in total. The third kappa shape index (κ3) is 3.97. The quantitative estimate of drug-likeness (QED) is 0.770. The largest absolute Gasteiger partial charge is 0.490 e. The first-order chi connectivity index (χ1) is 9.36. The Bertz CT molecular complexity index is 558. The molecule has 0 aromatic heterocycles. The maximum absolute atomic E-state index is 11.6. The van der Waals surface area contributed by atoms with Crippen molar-refractivity contribution < 1.29 is 23.2 Å². The van der Waals surface area contributed by atoms with Crippen molar-refractivity contribution in [3.63, 3.8) is 0 Å². The molecule has 1 saturated carbocycles. The van der Waals surface area contributed by atoms with E-state index in [-0.39, 0.29) is 11.4 Å². The fraction of sp³-hybridized carbons (Fsp3) is 0.538. The minimum atomic E-state index is -3.03. The molecule has 2 rings (SSSR count). The predicted molar refractivity (Wildman–Crippen MR) is 77.8 cm³/mol. The van der Waals surface area contributed by atoms with E-state index < -0.39 is 17.0 Å². The summed E-state index contributed by atoms with van der Waals surface area (Å²) in [5.74, 6) is 0.537. The molecule has 1 aromatic carbocycles. The maximum Gasteiger partial charge on any atom is 0.488 e. The molecule has 110 valence electrons. The summed E-state index contributed by atoms with van der Waals surface area (Å²) in [6, 6.07) is 6.57. The van der Waals surface area contributed by atoms with Gasteiger partial charge in [-0.05, 0) is 36.9 Å². The molecule has 0 bridgehead atoms. The Balaban J connectivity index is 2.04. The van der Waals surface area contributed by atoms with Crippen molar-refractivity contribution in [1.82, 2.24) is 0 Å². The Labute approximate surface area is 119 Å². The predicted octanol–water partition coefficient (Wildman–Crippen LogP) is 0.101. The molecule has 0 radical (unpaired) electrons. The molecule has 1 aliphatic rings. The molecule has 7 heteroatoms. The molecule has 2 unspecified atom stereocenters. The van der Waals surface area contributed by atoms with E-state index >= 15 is 0 Å². The number of hydrogen-bond donors (Lipinski definition) is 2. The lowest BCUT2D eigenvalue weighted by Crippen LogP contribution is -2.34. The summed E-state index contributed by atoms with van der Waals surface area (Å²) in [5.41, 5.74) is 0.359. The van der Waals surface area contributed by atoms with Gasteiger partial charge in [-0.25, -0.2) is 8.42 Å². The van der Waals surface area contributed by atoms with Crippen LogP contribution in [0.3, 0.4) is 0 Å². The van der Waals surface area contributed by atoms with Gasteiger partial charge >= 0.3 is 7.12 Å². The zero-order chi connectivity index (χ0) is 14.8. The zero-order valence-electron chi connectivity index (χ0n) is 11.4. The Hall–Kier alpha value is -1.05. The Morgan fingerprint density at radius 1 is 1.30 bits per heavy atom. The van der Waals surface area contributed by atoms with E-state index in [9.17, 15) is 8.42 Å². The van der Waals surface area contributed by atoms with Crippen molar-refractivity contribution in [2.45, 2.75) is 37.0 Å². The van der Waals surface area contributed by atoms with Crippen molar-refractivity contribution in [1.29, 1.82) is 0 Å². The Morgan fingerprint density at radius 2 is 2.05 bits per heavy atom. The molecule has 1 fully saturated rings. The molecule has 5 nitrogen and oxygen atoms in total. The van der Waals surface area contributed by atoms with Gasteiger partial charge in [0.25, 0.3) is 0 Å². The highest BCUT2D eigenvalue weighted by atomic mass is 32.2. The van der Waals surface area contributed by atoms with Crippen molar-refractivity contribution in [3.8, 4) is 5.75 Å². The lowest BCUT2D eigenvalue weighted by molar-refractivity contribution is 0.156. The van der Waals surface area contributed by atoms with E-state index in [1.165, 1.54) is 6.26 Å². The van der Waals surface area contributed by atoms with Crippen LogP contribution < -0.4 is 10.2 Å². The van der Waals surface area contributed by atoms with Gasteiger partial charge in [0, 0.05) is 12.7 Å². The van der Waals surface area contributed by atoms with Crippen LogP contribution in [-0.2, 0) is 9.84 Å². The van der Waals surface area contributed by atoms with Crippen LogP contribution in [0.1, 0.15) is 25.7 Å². The van der Waals surface area contributed by atoms with Crippen LogP contribution in [-0.4, -0.2) is 43.2 Å². The maximum atomic E-state index is 11.6. The first-order valence-electron chi connectivity index (χ1n) is 6.68. The fourth-order valence-corrected chi connectivity index (χ4v) is 3.70. The van der Waals surface area contributed by atoms with Gasteiger partial charge in [0.1, 0.15) is 15.6 Å². The van der Waals surface area contributed by atoms with E-state index in [1.807, 2.05) is 0 Å². The molecule has 1 aromatic rings. The average molecular weight is 298 g/mol. The summed E-state index contributed by atoms with van der Waals surface area (Å²) in [6.07, 6.45) is 3.94. The van der Waals surface area contributed by atoms with Crippen LogP contribution in [0.15, 0.2) is 24.3 Å². The molecule has 0 aliphatic heterocycles. The molecule has 0 heterocycles. The summed E-state index contributed by atoms with van der Waals surface area (Å²) in [6.45, 7) is 0. The van der Waals surface area contributed by atoms with Crippen LogP contribution in [0.25, 0.3) is 0 Å². The van der Waals surface area contributed by atoms with Gasteiger partial charge in [-0.15, -0.1) is 0 Å². The van der Waals surface area contributed by atoms with Crippen LogP contribution >= 0.6 is 0 Å². The SMILES string of the molecule is CS(=O)(=O)C1CCCC(Oc2cccc(B(O)O)c2)C1. The Kier molecular flexibility index (Phi) is 4.72. The van der Waals surface area contributed by atoms with E-state index in [0.717, 1.165) is 12.8 Å². The van der Waals surface area contributed by atoms with Crippen molar-refractivity contribution >= 4 is 22.4 Å². The lowest BCUT2D eigenvalue weighted by Gasteiger charge is -2.28. The van der Waals surface area contributed by atoms with E-state index in [1.54, 1.807) is 24.3 Å². The number of benzene rings is 1. The molecular formula is C13H19BO5S. The summed E-state index contributed by atoms with van der Waals surface area (Å²) in [4.78, 5) is 0. The van der Waals surface area contributed by atoms with Gasteiger partial charge in [-0.1, -0.05) is 12.1 Å². The Morgan fingerprint density at radius 3 is 2.70 bits per heavy atom. The van der Waals surface area contributed by atoms with Crippen LogP contribution in [0.4, 0.5) is 0 Å². The van der Waals surface area contributed by atoms with E-state index in [0.29, 0.717) is 24.1 Å². The van der Waals surface area contributed by atoms with Crippen molar-refractivity contribution in [2.24, 2.45) is 0 Å². The highest BCUT2D eigenvalue weighted by molar-refractivity contribution is 7.91. The molecule has 0 saturated heterocycles. The van der Waals surface area contributed by atoms with E-state index in [4.69, 9.17) is 14.8 Å². The second-order valence-corrected chi connectivity index (χ2v) is 7.63. The van der Waals surface area contributed by atoms with E-state index in [2.05, 4.69) is 0 Å². The van der Waals surface area contributed by atoms with Gasteiger partial charge in [-0.2, -0.15) is 0 Å². The second-order valence-electron chi connectivity index (χ2n) is 5.30. The zero-order valence-corrected chi connectivity index (χ0v) is 12.2. The minimum Gasteiger partial charge on any atom is -0.490 e. The second kappa shape index (κ2) is 6.16. The summed E-state index contributed by atoms with van der Waals surface area (Å²) in [7, 11) is -4.57. The topological polar surface area (TPSA) is 83.8 Å². The van der Waals surface area contributed by atoms with Gasteiger partial charge in [0.2, 0.25) is 0 Å². The first-order valence-corrected chi connectivity index (χ1v) is 8.63. The molecule has 2 atom stereocenters. The highest BCUT2D eigenvalue weighted by Gasteiger charge is 2.30. The number of sulfone groups is 1. The normalized spacial score (nSPS) is 23.4. The average Bonchev–Trinajstić information content (AvgIpc) is 2.38. The van der Waals surface area contributed by atoms with Crippen LogP contribution in [0.5, 0.6) is 5.75 Å². The smallest absolute Gasteiger partial charge is 0.488 e. The molecule has 20 heavy (non-hydrogen) atoms.